The first kappa shape index (κ1) is 17.2. The summed E-state index contributed by atoms with van der Waals surface area (Å²) in [5, 5.41) is 9.90. The highest BCUT2D eigenvalue weighted by molar-refractivity contribution is 14.1. The van der Waals surface area contributed by atoms with E-state index in [1.54, 1.807) is 18.3 Å². The summed E-state index contributed by atoms with van der Waals surface area (Å²) in [5.41, 5.74) is 3.77. The molecule has 0 bridgehead atoms. The number of hydrogen-bond donors (Lipinski definition) is 1. The number of aliphatic imine (C=N–C) groups is 1. The third kappa shape index (κ3) is 3.66. The van der Waals surface area contributed by atoms with Crippen LogP contribution in [0.5, 0.6) is 5.75 Å². The number of nitrogens with zero attached hydrogens (tertiary/aromatic N) is 2. The SMILES string of the molecule is Oc1ccc(Br)cc1C=Nc1ccc2oc(-c3cccc(I)c3)nc2c1. The second-order valence-corrected chi connectivity index (χ2v) is 7.80. The van der Waals surface area contributed by atoms with E-state index in [0.717, 1.165) is 24.8 Å². The van der Waals surface area contributed by atoms with Crippen molar-refractivity contribution in [2.75, 3.05) is 0 Å². The second-order valence-electron chi connectivity index (χ2n) is 5.64. The fraction of sp³-hybridized carbons (Fsp3) is 0. The lowest BCUT2D eigenvalue weighted by molar-refractivity contribution is 0.474. The number of aromatic hydroxyl groups is 1. The zero-order valence-corrected chi connectivity index (χ0v) is 17.1. The van der Waals surface area contributed by atoms with Crippen molar-refractivity contribution in [1.29, 1.82) is 0 Å². The van der Waals surface area contributed by atoms with Crippen molar-refractivity contribution in [3.63, 3.8) is 0 Å². The quantitative estimate of drug-likeness (QED) is 0.255. The van der Waals surface area contributed by atoms with Crippen LogP contribution >= 0.6 is 38.5 Å². The molecule has 6 heteroatoms. The molecular weight excluding hydrogens is 507 g/mol. The Balaban J connectivity index is 1.67. The number of phenolic OH excluding ortho intramolecular Hbond substituents is 1. The molecule has 1 heterocycles. The van der Waals surface area contributed by atoms with Crippen molar-refractivity contribution < 1.29 is 9.52 Å². The Morgan fingerprint density at radius 1 is 1.08 bits per heavy atom. The highest BCUT2D eigenvalue weighted by Gasteiger charge is 2.09. The van der Waals surface area contributed by atoms with E-state index >= 15 is 0 Å². The Morgan fingerprint density at radius 3 is 2.81 bits per heavy atom. The van der Waals surface area contributed by atoms with Crippen LogP contribution in [0, 0.1) is 3.57 Å². The average Bonchev–Trinajstić information content (AvgIpc) is 3.06. The molecule has 0 fully saturated rings. The molecule has 128 valence electrons. The third-order valence-corrected chi connectivity index (χ3v) is 4.95. The van der Waals surface area contributed by atoms with Crippen molar-refractivity contribution in [3.05, 3.63) is 74.3 Å². The van der Waals surface area contributed by atoms with E-state index in [9.17, 15) is 5.11 Å². The molecule has 4 rings (SSSR count). The number of aromatic nitrogens is 1. The Hall–Kier alpha value is -2.19. The monoisotopic (exact) mass is 518 g/mol. The van der Waals surface area contributed by atoms with Crippen LogP contribution in [0.25, 0.3) is 22.6 Å². The number of fused-ring (bicyclic) bond motifs is 1. The fourth-order valence-electron chi connectivity index (χ4n) is 2.51. The molecule has 0 aliphatic rings. The van der Waals surface area contributed by atoms with E-state index in [4.69, 9.17) is 4.42 Å². The van der Waals surface area contributed by atoms with Gasteiger partial charge in [0.1, 0.15) is 11.3 Å². The highest BCUT2D eigenvalue weighted by atomic mass is 127. The summed E-state index contributed by atoms with van der Waals surface area (Å²) in [6, 6.07) is 18.8. The Morgan fingerprint density at radius 2 is 1.96 bits per heavy atom. The van der Waals surface area contributed by atoms with Crippen LogP contribution in [-0.2, 0) is 0 Å². The molecule has 0 aliphatic heterocycles. The van der Waals surface area contributed by atoms with Crippen LogP contribution in [0.3, 0.4) is 0 Å². The molecular formula is C20H12BrIN2O2. The van der Waals surface area contributed by atoms with Gasteiger partial charge in [-0.2, -0.15) is 0 Å². The lowest BCUT2D eigenvalue weighted by atomic mass is 10.2. The minimum absolute atomic E-state index is 0.181. The number of halogens is 2. The van der Waals surface area contributed by atoms with Gasteiger partial charge in [-0.3, -0.25) is 4.99 Å². The van der Waals surface area contributed by atoms with Gasteiger partial charge in [0.15, 0.2) is 5.58 Å². The van der Waals surface area contributed by atoms with Gasteiger partial charge in [-0.05, 0) is 77.2 Å². The molecule has 1 N–H and O–H groups in total. The Bertz CT molecular complexity index is 1140. The Kier molecular flexibility index (Phi) is 4.78. The first-order valence-corrected chi connectivity index (χ1v) is 9.65. The molecule has 3 aromatic carbocycles. The summed E-state index contributed by atoms with van der Waals surface area (Å²) >= 11 is 5.65. The minimum Gasteiger partial charge on any atom is -0.507 e. The number of phenols is 1. The average molecular weight is 519 g/mol. The molecule has 0 spiro atoms. The topological polar surface area (TPSA) is 58.6 Å². The van der Waals surface area contributed by atoms with Gasteiger partial charge in [-0.15, -0.1) is 0 Å². The summed E-state index contributed by atoms with van der Waals surface area (Å²) in [7, 11) is 0. The Labute approximate surface area is 171 Å². The van der Waals surface area contributed by atoms with Crippen LogP contribution in [0.15, 0.2) is 74.5 Å². The van der Waals surface area contributed by atoms with Gasteiger partial charge >= 0.3 is 0 Å². The van der Waals surface area contributed by atoms with Crippen LogP contribution in [0.1, 0.15) is 5.56 Å². The molecule has 0 aliphatic carbocycles. The van der Waals surface area contributed by atoms with Crippen molar-refractivity contribution >= 4 is 61.5 Å². The minimum atomic E-state index is 0.181. The molecule has 0 amide bonds. The van der Waals surface area contributed by atoms with Gasteiger partial charge in [-0.25, -0.2) is 4.98 Å². The van der Waals surface area contributed by atoms with Crippen molar-refractivity contribution in [2.45, 2.75) is 0 Å². The molecule has 0 atom stereocenters. The number of benzene rings is 3. The molecule has 4 aromatic rings. The summed E-state index contributed by atoms with van der Waals surface area (Å²) in [6.07, 6.45) is 1.63. The highest BCUT2D eigenvalue weighted by Crippen LogP contribution is 2.28. The van der Waals surface area contributed by atoms with E-state index in [2.05, 4.69) is 48.5 Å². The van der Waals surface area contributed by atoms with E-state index < -0.39 is 0 Å². The van der Waals surface area contributed by atoms with Gasteiger partial charge in [0.2, 0.25) is 5.89 Å². The van der Waals surface area contributed by atoms with Crippen molar-refractivity contribution in [1.82, 2.24) is 4.98 Å². The van der Waals surface area contributed by atoms with Crippen LogP contribution in [0.4, 0.5) is 5.69 Å². The lowest BCUT2D eigenvalue weighted by Crippen LogP contribution is -1.82. The van der Waals surface area contributed by atoms with E-state index in [0.29, 0.717) is 17.0 Å². The van der Waals surface area contributed by atoms with Crippen LogP contribution in [-0.4, -0.2) is 16.3 Å². The summed E-state index contributed by atoms with van der Waals surface area (Å²) in [5.74, 6) is 0.768. The number of rotatable bonds is 3. The van der Waals surface area contributed by atoms with Crippen LogP contribution in [0.2, 0.25) is 0 Å². The van der Waals surface area contributed by atoms with Gasteiger partial charge < -0.3 is 9.52 Å². The molecule has 0 unspecified atom stereocenters. The predicted octanol–water partition coefficient (Wildman–Crippen LogP) is 6.32. The standard InChI is InChI=1S/C20H12BrIN2O2/c21-14-4-6-18(25)13(8-14)11-23-16-5-7-19-17(10-16)24-20(26-19)12-2-1-3-15(22)9-12/h1-11,25H. The zero-order chi connectivity index (χ0) is 18.1. The summed E-state index contributed by atoms with van der Waals surface area (Å²) < 4.78 is 7.86. The van der Waals surface area contributed by atoms with Gasteiger partial charge in [-0.1, -0.05) is 22.0 Å². The maximum absolute atomic E-state index is 9.90. The van der Waals surface area contributed by atoms with Crippen molar-refractivity contribution in [2.24, 2.45) is 4.99 Å². The van der Waals surface area contributed by atoms with Gasteiger partial charge in [0.25, 0.3) is 0 Å². The fourth-order valence-corrected chi connectivity index (χ4v) is 3.44. The largest absolute Gasteiger partial charge is 0.507 e. The van der Waals surface area contributed by atoms with E-state index in [1.165, 1.54) is 0 Å². The lowest BCUT2D eigenvalue weighted by Gasteiger charge is -1.99. The summed E-state index contributed by atoms with van der Waals surface area (Å²) in [6.45, 7) is 0. The van der Waals surface area contributed by atoms with E-state index in [1.807, 2.05) is 48.5 Å². The second kappa shape index (κ2) is 7.20. The van der Waals surface area contributed by atoms with Crippen molar-refractivity contribution in [3.8, 4) is 17.2 Å². The molecule has 26 heavy (non-hydrogen) atoms. The molecule has 4 nitrogen and oxygen atoms in total. The predicted molar refractivity (Wildman–Crippen MR) is 115 cm³/mol. The number of hydrogen-bond acceptors (Lipinski definition) is 4. The maximum atomic E-state index is 9.90. The number of oxazole rings is 1. The summed E-state index contributed by atoms with van der Waals surface area (Å²) in [4.78, 5) is 9.01. The molecule has 0 saturated carbocycles. The normalized spacial score (nSPS) is 11.5. The first-order chi connectivity index (χ1) is 12.6. The third-order valence-electron chi connectivity index (χ3n) is 3.79. The first-order valence-electron chi connectivity index (χ1n) is 7.77. The van der Waals surface area contributed by atoms with Gasteiger partial charge in [0, 0.05) is 25.4 Å². The van der Waals surface area contributed by atoms with Gasteiger partial charge in [0.05, 0.1) is 5.69 Å². The molecule has 0 saturated heterocycles. The molecule has 1 aromatic heterocycles. The molecule has 0 radical (unpaired) electrons. The maximum Gasteiger partial charge on any atom is 0.227 e. The zero-order valence-electron chi connectivity index (χ0n) is 13.4. The smallest absolute Gasteiger partial charge is 0.227 e. The van der Waals surface area contributed by atoms with Crippen LogP contribution < -0.4 is 0 Å². The van der Waals surface area contributed by atoms with E-state index in [-0.39, 0.29) is 5.75 Å².